The minimum atomic E-state index is -0.330. The molecule has 2 rings (SSSR count). The van der Waals surface area contributed by atoms with Crippen molar-refractivity contribution < 1.29 is 13.9 Å². The summed E-state index contributed by atoms with van der Waals surface area (Å²) in [7, 11) is 0. The van der Waals surface area contributed by atoms with Gasteiger partial charge in [0.05, 0.1) is 6.61 Å². The number of halogens is 2. The highest BCUT2D eigenvalue weighted by atomic mass is 79.9. The van der Waals surface area contributed by atoms with Crippen LogP contribution >= 0.6 is 15.9 Å². The summed E-state index contributed by atoms with van der Waals surface area (Å²) in [5, 5.41) is 0. The molecule has 0 unspecified atom stereocenters. The molecule has 0 aromatic heterocycles. The van der Waals surface area contributed by atoms with E-state index in [1.165, 1.54) is 24.3 Å². The molecule has 2 nitrogen and oxygen atoms in total. The van der Waals surface area contributed by atoms with Crippen molar-refractivity contribution in [3.8, 4) is 0 Å². The van der Waals surface area contributed by atoms with E-state index in [-0.39, 0.29) is 11.6 Å². The number of carbonyl (C=O) groups is 1. The number of hydrogen-bond acceptors (Lipinski definition) is 2. The van der Waals surface area contributed by atoms with Crippen LogP contribution in [-0.4, -0.2) is 12.4 Å². The Labute approximate surface area is 132 Å². The molecule has 4 heteroatoms. The van der Waals surface area contributed by atoms with Crippen LogP contribution in [0.15, 0.2) is 53.0 Å². The van der Waals surface area contributed by atoms with E-state index >= 15 is 0 Å². The van der Waals surface area contributed by atoms with Gasteiger partial charge in [-0.3, -0.25) is 4.79 Å². The molecule has 0 fully saturated rings. The first-order chi connectivity index (χ1) is 10.2. The Balaban J connectivity index is 1.69. The second-order valence-corrected chi connectivity index (χ2v) is 5.53. The third-order valence-corrected chi connectivity index (χ3v) is 3.85. The van der Waals surface area contributed by atoms with Gasteiger partial charge in [0.2, 0.25) is 0 Å². The highest BCUT2D eigenvalue weighted by molar-refractivity contribution is 9.10. The van der Waals surface area contributed by atoms with Crippen molar-refractivity contribution in [3.05, 3.63) is 69.9 Å². The van der Waals surface area contributed by atoms with Gasteiger partial charge in [-0.25, -0.2) is 4.39 Å². The van der Waals surface area contributed by atoms with Crippen LogP contribution in [0.2, 0.25) is 0 Å². The van der Waals surface area contributed by atoms with Gasteiger partial charge in [-0.1, -0.05) is 34.1 Å². The fourth-order valence-electron chi connectivity index (χ4n) is 1.91. The lowest BCUT2D eigenvalue weighted by molar-refractivity contribution is 0.0918. The van der Waals surface area contributed by atoms with Crippen LogP contribution in [0.4, 0.5) is 4.39 Å². The maximum atomic E-state index is 12.8. The lowest BCUT2D eigenvalue weighted by Crippen LogP contribution is -2.03. The van der Waals surface area contributed by atoms with Gasteiger partial charge in [0.15, 0.2) is 5.78 Å². The van der Waals surface area contributed by atoms with E-state index in [1.54, 1.807) is 0 Å². The maximum absolute atomic E-state index is 12.8. The molecule has 0 saturated carbocycles. The fourth-order valence-corrected chi connectivity index (χ4v) is 2.31. The molecule has 0 spiro atoms. The molecule has 0 amide bonds. The van der Waals surface area contributed by atoms with Crippen molar-refractivity contribution in [3.63, 3.8) is 0 Å². The van der Waals surface area contributed by atoms with Crippen LogP contribution in [0.25, 0.3) is 0 Å². The quantitative estimate of drug-likeness (QED) is 0.531. The van der Waals surface area contributed by atoms with Crippen LogP contribution in [0.1, 0.15) is 28.8 Å². The Kier molecular flexibility index (Phi) is 6.08. The molecule has 0 radical (unpaired) electrons. The second-order valence-electron chi connectivity index (χ2n) is 4.68. The first kappa shape index (κ1) is 15.9. The van der Waals surface area contributed by atoms with Crippen molar-refractivity contribution in [2.45, 2.75) is 19.4 Å². The van der Waals surface area contributed by atoms with Crippen molar-refractivity contribution in [2.24, 2.45) is 0 Å². The molecule has 2 aromatic carbocycles. The van der Waals surface area contributed by atoms with E-state index in [0.29, 0.717) is 31.6 Å². The van der Waals surface area contributed by atoms with Gasteiger partial charge in [0.1, 0.15) is 5.82 Å². The Morgan fingerprint density at radius 1 is 1.10 bits per heavy atom. The number of hydrogen-bond donors (Lipinski definition) is 0. The largest absolute Gasteiger partial charge is 0.377 e. The minimum absolute atomic E-state index is 0.0134. The van der Waals surface area contributed by atoms with Crippen LogP contribution in [-0.2, 0) is 11.3 Å². The van der Waals surface area contributed by atoms with Crippen LogP contribution < -0.4 is 0 Å². The standard InChI is InChI=1S/C17H16BrFO2/c18-16-5-2-1-4-14(16)12-21-11-3-6-17(20)13-7-9-15(19)10-8-13/h1-2,4-5,7-10H,3,6,11-12H2. The van der Waals surface area contributed by atoms with E-state index in [4.69, 9.17) is 4.74 Å². The SMILES string of the molecule is O=C(CCCOCc1ccccc1Br)c1ccc(F)cc1. The van der Waals surface area contributed by atoms with Crippen molar-refractivity contribution in [1.82, 2.24) is 0 Å². The van der Waals surface area contributed by atoms with E-state index in [2.05, 4.69) is 15.9 Å². The molecule has 0 atom stereocenters. The Morgan fingerprint density at radius 2 is 1.81 bits per heavy atom. The Hall–Kier alpha value is -1.52. The monoisotopic (exact) mass is 350 g/mol. The molecular formula is C17H16BrFO2. The van der Waals surface area contributed by atoms with Crippen molar-refractivity contribution >= 4 is 21.7 Å². The average molecular weight is 351 g/mol. The second kappa shape index (κ2) is 8.05. The topological polar surface area (TPSA) is 26.3 Å². The smallest absolute Gasteiger partial charge is 0.162 e. The van der Waals surface area contributed by atoms with Crippen LogP contribution in [0, 0.1) is 5.82 Å². The maximum Gasteiger partial charge on any atom is 0.162 e. The zero-order chi connectivity index (χ0) is 15.1. The summed E-state index contributed by atoms with van der Waals surface area (Å²) in [5.74, 6) is -0.317. The van der Waals surface area contributed by atoms with Crippen LogP contribution in [0.3, 0.4) is 0 Å². The van der Waals surface area contributed by atoms with E-state index in [1.807, 2.05) is 24.3 Å². The summed E-state index contributed by atoms with van der Waals surface area (Å²) in [4.78, 5) is 11.9. The Bertz CT molecular complexity index is 596. The summed E-state index contributed by atoms with van der Waals surface area (Å²) < 4.78 is 19.3. The van der Waals surface area contributed by atoms with Crippen molar-refractivity contribution in [1.29, 1.82) is 0 Å². The van der Waals surface area contributed by atoms with Gasteiger partial charge >= 0.3 is 0 Å². The molecule has 0 bridgehead atoms. The summed E-state index contributed by atoms with van der Waals surface area (Å²) in [6, 6.07) is 13.5. The molecule has 21 heavy (non-hydrogen) atoms. The zero-order valence-corrected chi connectivity index (χ0v) is 13.1. The molecule has 0 saturated heterocycles. The highest BCUT2D eigenvalue weighted by Crippen LogP contribution is 2.16. The third kappa shape index (κ3) is 5.06. The van der Waals surface area contributed by atoms with E-state index in [9.17, 15) is 9.18 Å². The molecule has 0 aliphatic heterocycles. The molecule has 110 valence electrons. The fraction of sp³-hybridized carbons (Fsp3) is 0.235. The van der Waals surface area contributed by atoms with Gasteiger partial charge < -0.3 is 4.74 Å². The summed E-state index contributed by atoms with van der Waals surface area (Å²) in [5.41, 5.74) is 1.63. The number of ketones is 1. The Morgan fingerprint density at radius 3 is 2.52 bits per heavy atom. The van der Waals surface area contributed by atoms with E-state index < -0.39 is 0 Å². The lowest BCUT2D eigenvalue weighted by Gasteiger charge is -2.06. The van der Waals surface area contributed by atoms with Crippen molar-refractivity contribution in [2.75, 3.05) is 6.61 Å². The molecule has 2 aromatic rings. The number of rotatable bonds is 7. The number of carbonyl (C=O) groups excluding carboxylic acids is 1. The predicted molar refractivity (Wildman–Crippen MR) is 83.8 cm³/mol. The average Bonchev–Trinajstić information content (AvgIpc) is 2.49. The molecule has 0 heterocycles. The molecule has 0 N–H and O–H groups in total. The predicted octanol–water partition coefficient (Wildman–Crippen LogP) is 4.77. The molecule has 0 aliphatic rings. The first-order valence-corrected chi connectivity index (χ1v) is 7.56. The van der Waals surface area contributed by atoms with Crippen LogP contribution in [0.5, 0.6) is 0 Å². The number of Topliss-reactive ketones (excluding diaryl/α,β-unsaturated/α-hetero) is 1. The summed E-state index contributed by atoms with van der Waals surface area (Å²) >= 11 is 3.46. The van der Waals surface area contributed by atoms with E-state index in [0.717, 1.165) is 10.0 Å². The summed E-state index contributed by atoms with van der Waals surface area (Å²) in [6.45, 7) is 1.04. The van der Waals surface area contributed by atoms with Gasteiger partial charge in [-0.2, -0.15) is 0 Å². The highest BCUT2D eigenvalue weighted by Gasteiger charge is 2.06. The normalized spacial score (nSPS) is 10.6. The first-order valence-electron chi connectivity index (χ1n) is 6.77. The zero-order valence-electron chi connectivity index (χ0n) is 11.5. The summed E-state index contributed by atoms with van der Waals surface area (Å²) in [6.07, 6.45) is 1.06. The number of ether oxygens (including phenoxy) is 1. The minimum Gasteiger partial charge on any atom is -0.377 e. The molecular weight excluding hydrogens is 335 g/mol. The van der Waals surface area contributed by atoms with Gasteiger partial charge in [0.25, 0.3) is 0 Å². The lowest BCUT2D eigenvalue weighted by atomic mass is 10.1. The number of benzene rings is 2. The third-order valence-electron chi connectivity index (χ3n) is 3.07. The van der Waals surface area contributed by atoms with Gasteiger partial charge in [0, 0.05) is 23.1 Å². The van der Waals surface area contributed by atoms with Gasteiger partial charge in [-0.05, 0) is 42.3 Å². The molecule has 0 aliphatic carbocycles. The van der Waals surface area contributed by atoms with Gasteiger partial charge in [-0.15, -0.1) is 0 Å².